The highest BCUT2D eigenvalue weighted by Gasteiger charge is 3.00. The Bertz CT molecular complexity index is 1120. The number of hydrogen-bond donors (Lipinski definition) is 1. The molecule has 1 saturated carbocycles. The number of halogens is 12. The summed E-state index contributed by atoms with van der Waals surface area (Å²) in [6.45, 7) is 0. The second-order valence-electron chi connectivity index (χ2n) is 6.14. The Balaban J connectivity index is 2.29. The van der Waals surface area contributed by atoms with Crippen molar-refractivity contribution in [3.8, 4) is 11.8 Å². The summed E-state index contributed by atoms with van der Waals surface area (Å²) < 4.78 is 133. The molecule has 0 spiro atoms. The largest absolute Gasteiger partial charge is 0.383 e. The van der Waals surface area contributed by atoms with Gasteiger partial charge in [-0.05, 0) is 12.1 Å². The van der Waals surface area contributed by atoms with E-state index in [0.717, 1.165) is 6.07 Å². The minimum Gasteiger partial charge on any atom is -0.383 e. The van der Waals surface area contributed by atoms with Gasteiger partial charge in [-0.25, -0.2) is 9.07 Å². The first-order valence-corrected chi connectivity index (χ1v) is 9.79. The Morgan fingerprint density at radius 3 is 1.73 bits per heavy atom. The molecule has 0 amide bonds. The van der Waals surface area contributed by atoms with E-state index in [1.54, 1.807) is 0 Å². The third-order valence-electron chi connectivity index (χ3n) is 4.22. The molecule has 0 saturated heterocycles. The summed E-state index contributed by atoms with van der Waals surface area (Å²) in [5.41, 5.74) is -3.51. The van der Waals surface area contributed by atoms with Crippen LogP contribution in [-0.2, 0) is 5.67 Å². The van der Waals surface area contributed by atoms with Crippen molar-refractivity contribution in [3.05, 3.63) is 33.4 Å². The zero-order valence-corrected chi connectivity index (χ0v) is 15.8. The zero-order chi connectivity index (χ0) is 23.4. The summed E-state index contributed by atoms with van der Waals surface area (Å²) in [5.74, 6) is -11.9. The van der Waals surface area contributed by atoms with Crippen LogP contribution in [-0.4, -0.2) is 21.6 Å². The van der Waals surface area contributed by atoms with Crippen molar-refractivity contribution in [2.24, 2.45) is 0 Å². The van der Waals surface area contributed by atoms with Crippen LogP contribution in [0, 0.1) is 11.3 Å². The van der Waals surface area contributed by atoms with Crippen molar-refractivity contribution in [2.45, 2.75) is 22.4 Å². The average Bonchev–Trinajstić information content (AvgIpc) is 2.80. The first-order valence-electron chi connectivity index (χ1n) is 7.09. The number of nitriles is 1. The van der Waals surface area contributed by atoms with Gasteiger partial charge < -0.3 is 5.73 Å². The van der Waals surface area contributed by atoms with E-state index < -0.39 is 65.4 Å². The van der Waals surface area contributed by atoms with Crippen molar-refractivity contribution in [1.82, 2.24) is 9.78 Å². The molecular weight excluding hydrogens is 505 g/mol. The molecule has 0 radical (unpaired) electrons. The minimum absolute atomic E-state index is 0.0273. The maximum Gasteiger partial charge on any atom is 0.358 e. The Labute approximate surface area is 169 Å². The molecule has 3 rings (SSSR count). The third kappa shape index (κ3) is 2.73. The monoisotopic (exact) mass is 508 g/mol. The molecule has 2 N–H and O–H groups in total. The third-order valence-corrected chi connectivity index (χ3v) is 5.92. The van der Waals surface area contributed by atoms with Crippen LogP contribution in [0.3, 0.4) is 0 Å². The highest BCUT2D eigenvalue weighted by Crippen LogP contribution is 3.02. The molecule has 30 heavy (non-hydrogen) atoms. The van der Waals surface area contributed by atoms with Crippen LogP contribution < -0.4 is 5.73 Å². The number of rotatable bonds is 3. The summed E-state index contributed by atoms with van der Waals surface area (Å²) in [7, 11) is -10.3. The topological polar surface area (TPSA) is 67.6 Å². The summed E-state index contributed by atoms with van der Waals surface area (Å²) >= 11 is 11.1. The molecule has 4 nitrogen and oxygen atoms in total. The quantitative estimate of drug-likeness (QED) is 0.467. The average molecular weight is 509 g/mol. The first kappa shape index (κ1) is 22.6. The van der Waals surface area contributed by atoms with Crippen molar-refractivity contribution in [1.29, 1.82) is 5.26 Å². The molecule has 1 aliphatic carbocycles. The van der Waals surface area contributed by atoms with E-state index in [0.29, 0.717) is 0 Å². The second-order valence-corrected chi connectivity index (χ2v) is 9.37. The smallest absolute Gasteiger partial charge is 0.358 e. The molecule has 0 bridgehead atoms. The van der Waals surface area contributed by atoms with Gasteiger partial charge in [0.1, 0.15) is 22.5 Å². The number of aromatic nitrogens is 2. The van der Waals surface area contributed by atoms with E-state index in [-0.39, 0.29) is 16.8 Å². The molecule has 0 aliphatic heterocycles. The van der Waals surface area contributed by atoms with E-state index >= 15 is 0 Å². The Kier molecular flexibility index (Phi) is 3.94. The predicted molar refractivity (Wildman–Crippen MR) is 86.8 cm³/mol. The number of alkyl halides is 5. The fraction of sp³-hybridized carbons (Fsp3) is 0.231. The van der Waals surface area contributed by atoms with Crippen LogP contribution in [0.5, 0.6) is 0 Å². The molecule has 0 unspecified atom stereocenters. The van der Waals surface area contributed by atoms with Crippen LogP contribution in [0.15, 0.2) is 17.0 Å². The van der Waals surface area contributed by atoms with E-state index in [9.17, 15) is 41.4 Å². The Morgan fingerprint density at radius 2 is 1.40 bits per heavy atom. The van der Waals surface area contributed by atoms with Crippen LogP contribution >= 0.6 is 33.4 Å². The van der Waals surface area contributed by atoms with Gasteiger partial charge in [-0.15, -0.1) is 0 Å². The van der Waals surface area contributed by atoms with E-state index in [2.05, 4.69) is 5.10 Å². The van der Waals surface area contributed by atoms with Gasteiger partial charge in [0.25, 0.3) is 5.67 Å². The van der Waals surface area contributed by atoms with Gasteiger partial charge in [-0.1, -0.05) is 42.6 Å². The lowest BCUT2D eigenvalue weighted by atomic mass is 10.1. The Hall–Kier alpha value is -2.05. The number of nitrogen functional groups attached to an aromatic ring is 1. The zero-order valence-electron chi connectivity index (χ0n) is 13.5. The summed E-state index contributed by atoms with van der Waals surface area (Å²) in [4.78, 5) is -2.54. The van der Waals surface area contributed by atoms with Crippen molar-refractivity contribution >= 4 is 39.2 Å². The summed E-state index contributed by atoms with van der Waals surface area (Å²) in [6, 6.07) is 0.431. The van der Waals surface area contributed by atoms with Crippen LogP contribution in [0.25, 0.3) is 5.69 Å². The van der Waals surface area contributed by atoms with Crippen molar-refractivity contribution in [3.63, 3.8) is 0 Å². The van der Waals surface area contributed by atoms with Crippen molar-refractivity contribution in [2.75, 3.05) is 5.73 Å². The standard InChI is InChI=1S/C13H4Cl2F10N4S/c14-5-1-4(30(21,22,23,24)25)2-6(15)9(5)29-10(27)8(7(3-26)28-29)11(16)12(17,18)13(11,19)20/h1-2H,27H2. The maximum absolute atomic E-state index is 14.5. The lowest BCUT2D eigenvalue weighted by Crippen LogP contribution is -2.15. The normalized spacial score (nSPS) is 21.4. The molecule has 1 heterocycles. The Morgan fingerprint density at radius 1 is 0.967 bits per heavy atom. The van der Waals surface area contributed by atoms with Crippen LogP contribution in [0.2, 0.25) is 10.0 Å². The molecule has 1 aliphatic rings. The fourth-order valence-corrected chi connectivity index (χ4v) is 4.15. The lowest BCUT2D eigenvalue weighted by molar-refractivity contribution is -0.0278. The number of nitrogens with two attached hydrogens (primary N) is 1. The molecule has 2 aromatic rings. The number of anilines is 1. The number of benzene rings is 1. The van der Waals surface area contributed by atoms with Gasteiger partial charge in [-0.2, -0.15) is 27.9 Å². The fourth-order valence-electron chi connectivity index (χ4n) is 2.69. The molecule has 1 fully saturated rings. The summed E-state index contributed by atoms with van der Waals surface area (Å²) in [5, 5.41) is 9.68. The van der Waals surface area contributed by atoms with Crippen molar-refractivity contribution < 1.29 is 41.4 Å². The lowest BCUT2D eigenvalue weighted by Gasteiger charge is -2.40. The SMILES string of the molecule is N#Cc1nn(-c2c(Cl)cc(S(F)(F)(F)(F)F)cc2Cl)c(N)c1C1(F)C(F)(F)C1(F)F. The van der Waals surface area contributed by atoms with Crippen LogP contribution in [0.4, 0.5) is 47.2 Å². The molecular formula is C13H4Cl2F10N4S. The van der Waals surface area contributed by atoms with E-state index in [1.807, 2.05) is 0 Å². The number of hydrogen-bond acceptors (Lipinski definition) is 3. The van der Waals surface area contributed by atoms with Gasteiger partial charge in [0.05, 0.1) is 15.6 Å². The maximum atomic E-state index is 14.5. The highest BCUT2D eigenvalue weighted by molar-refractivity contribution is 8.45. The van der Waals surface area contributed by atoms with Gasteiger partial charge in [0, 0.05) is 0 Å². The van der Waals surface area contributed by atoms with E-state index in [1.165, 1.54) is 0 Å². The van der Waals surface area contributed by atoms with Crippen LogP contribution in [0.1, 0.15) is 11.3 Å². The second kappa shape index (κ2) is 5.22. The minimum atomic E-state index is -10.3. The molecule has 1 aromatic heterocycles. The first-order chi connectivity index (χ1) is 13.1. The number of nitrogens with zero attached hydrogens (tertiary/aromatic N) is 3. The predicted octanol–water partition coefficient (Wildman–Crippen LogP) is 6.74. The molecule has 0 atom stereocenters. The summed E-state index contributed by atoms with van der Waals surface area (Å²) in [6.07, 6.45) is 0. The van der Waals surface area contributed by atoms with Gasteiger partial charge in [-0.3, -0.25) is 0 Å². The van der Waals surface area contributed by atoms with Gasteiger partial charge >= 0.3 is 22.1 Å². The molecule has 17 heteroatoms. The van der Waals surface area contributed by atoms with E-state index in [4.69, 9.17) is 34.2 Å². The van der Waals surface area contributed by atoms with Gasteiger partial charge in [0.2, 0.25) is 0 Å². The molecule has 1 aromatic carbocycles. The highest BCUT2D eigenvalue weighted by atomic mass is 35.5. The van der Waals surface area contributed by atoms with Gasteiger partial charge in [0.15, 0.2) is 5.69 Å². The molecule has 166 valence electrons.